The Kier molecular flexibility index (Phi) is 69.5. The molecule has 7 atom stereocenters. The van der Waals surface area contributed by atoms with E-state index in [0.29, 0.717) is 19.4 Å². The lowest BCUT2D eigenvalue weighted by Crippen LogP contribution is -2.60. The van der Waals surface area contributed by atoms with Gasteiger partial charge in [-0.05, 0) is 77.0 Å². The van der Waals surface area contributed by atoms with Gasteiger partial charge in [-0.25, -0.2) is 0 Å². The smallest absolute Gasteiger partial charge is 0.305 e. The molecule has 1 aliphatic heterocycles. The quantitative estimate of drug-likeness (QED) is 0.0195. The predicted octanol–water partition coefficient (Wildman–Crippen LogP) is 22.6. The van der Waals surface area contributed by atoms with Gasteiger partial charge in [-0.1, -0.05) is 371 Å². The monoisotopic (exact) mass is 1340 g/mol. The molecule has 0 aromatic heterocycles. The molecule has 1 heterocycles. The van der Waals surface area contributed by atoms with E-state index < -0.39 is 49.5 Å². The van der Waals surface area contributed by atoms with Gasteiger partial charge in [0.2, 0.25) is 5.91 Å². The Morgan fingerprint density at radius 3 is 1.11 bits per heavy atom. The highest BCUT2D eigenvalue weighted by atomic mass is 16.7. The Morgan fingerprint density at radius 1 is 0.389 bits per heavy atom. The topological polar surface area (TPSA) is 175 Å². The number of aliphatic hydroxyl groups excluding tert-OH is 5. The summed E-state index contributed by atoms with van der Waals surface area (Å²) < 4.78 is 16.8. The van der Waals surface area contributed by atoms with Crippen molar-refractivity contribution in [3.05, 3.63) is 48.6 Å². The molecule has 0 saturated carbocycles. The third kappa shape index (κ3) is 61.2. The van der Waals surface area contributed by atoms with Gasteiger partial charge in [-0.15, -0.1) is 0 Å². The van der Waals surface area contributed by atoms with E-state index in [0.717, 1.165) is 57.8 Å². The number of carbonyl (C=O) groups excluding carboxylic acids is 2. The average Bonchev–Trinajstić information content (AvgIpc) is 0.850. The van der Waals surface area contributed by atoms with E-state index in [1.807, 2.05) is 6.08 Å². The minimum absolute atomic E-state index is 0.0165. The number of hydrogen-bond acceptors (Lipinski definition) is 10. The van der Waals surface area contributed by atoms with E-state index >= 15 is 0 Å². The molecule has 11 nitrogen and oxygen atoms in total. The van der Waals surface area contributed by atoms with Crippen LogP contribution in [0.25, 0.3) is 0 Å². The molecule has 0 radical (unpaired) electrons. The summed E-state index contributed by atoms with van der Waals surface area (Å²) in [4.78, 5) is 25.2. The lowest BCUT2D eigenvalue weighted by Gasteiger charge is -2.40. The van der Waals surface area contributed by atoms with Crippen molar-refractivity contribution in [3.63, 3.8) is 0 Å². The Hall–Kier alpha value is -2.38. The Labute approximate surface area is 586 Å². The summed E-state index contributed by atoms with van der Waals surface area (Å²) >= 11 is 0. The fourth-order valence-corrected chi connectivity index (χ4v) is 13.2. The maximum atomic E-state index is 13.1. The van der Waals surface area contributed by atoms with Gasteiger partial charge in [0, 0.05) is 12.8 Å². The molecule has 1 fully saturated rings. The van der Waals surface area contributed by atoms with E-state index in [-0.39, 0.29) is 18.5 Å². The molecule has 1 rings (SSSR count). The minimum atomic E-state index is -1.58. The summed E-state index contributed by atoms with van der Waals surface area (Å²) in [5.74, 6) is -0.170. The predicted molar refractivity (Wildman–Crippen MR) is 403 cm³/mol. The van der Waals surface area contributed by atoms with Gasteiger partial charge in [0.25, 0.3) is 0 Å². The zero-order valence-corrected chi connectivity index (χ0v) is 62.4. The number of rotatable bonds is 74. The van der Waals surface area contributed by atoms with Crippen LogP contribution in [0.2, 0.25) is 0 Å². The van der Waals surface area contributed by atoms with E-state index in [1.54, 1.807) is 6.08 Å². The fourth-order valence-electron chi connectivity index (χ4n) is 13.2. The van der Waals surface area contributed by atoms with Gasteiger partial charge in [0.1, 0.15) is 24.4 Å². The van der Waals surface area contributed by atoms with Crippen LogP contribution in [0.15, 0.2) is 48.6 Å². The second-order valence-corrected chi connectivity index (χ2v) is 28.8. The van der Waals surface area contributed by atoms with E-state index in [2.05, 4.69) is 55.6 Å². The fraction of sp³-hybridized carbons (Fsp3) is 0.881. The van der Waals surface area contributed by atoms with Crippen LogP contribution in [0.3, 0.4) is 0 Å². The zero-order valence-electron chi connectivity index (χ0n) is 62.4. The zero-order chi connectivity index (χ0) is 68.6. The molecular formula is C84H157NO10. The lowest BCUT2D eigenvalue weighted by atomic mass is 9.99. The largest absolute Gasteiger partial charge is 0.466 e. The molecule has 0 aromatic carbocycles. The van der Waals surface area contributed by atoms with Gasteiger partial charge in [0.15, 0.2) is 6.29 Å². The van der Waals surface area contributed by atoms with Crippen molar-refractivity contribution in [2.75, 3.05) is 19.8 Å². The van der Waals surface area contributed by atoms with Crippen molar-refractivity contribution in [1.82, 2.24) is 5.32 Å². The highest BCUT2D eigenvalue weighted by molar-refractivity contribution is 5.76. The molecule has 0 spiro atoms. The summed E-state index contributed by atoms with van der Waals surface area (Å²) in [6.07, 6.45) is 87.2. The number of ether oxygens (including phenoxy) is 3. The first-order valence-electron chi connectivity index (χ1n) is 41.4. The molecular weight excluding hydrogens is 1180 g/mol. The second kappa shape index (κ2) is 72.9. The second-order valence-electron chi connectivity index (χ2n) is 28.8. The molecule has 0 aromatic rings. The molecule has 1 saturated heterocycles. The van der Waals surface area contributed by atoms with Crippen molar-refractivity contribution in [2.45, 2.75) is 455 Å². The van der Waals surface area contributed by atoms with Gasteiger partial charge in [-0.3, -0.25) is 9.59 Å². The SMILES string of the molecule is CCCCCCCCCCC/C=C/CC/C=C/C(O)C(COC1OC(CO)C(O)C(O)C1O)NC(=O)CCCCCCCCCCCCCCCCCCC/C=C\C/C=C\CCCCCCCCCCCCCCCCCOC(=O)CCCCCCCCCCCCCCC. The van der Waals surface area contributed by atoms with Crippen LogP contribution in [0.5, 0.6) is 0 Å². The first-order valence-corrected chi connectivity index (χ1v) is 41.4. The van der Waals surface area contributed by atoms with Crippen LogP contribution < -0.4 is 5.32 Å². The highest BCUT2D eigenvalue weighted by Crippen LogP contribution is 2.24. The van der Waals surface area contributed by atoms with E-state index in [9.17, 15) is 35.1 Å². The minimum Gasteiger partial charge on any atom is -0.466 e. The van der Waals surface area contributed by atoms with Gasteiger partial charge in [-0.2, -0.15) is 0 Å². The van der Waals surface area contributed by atoms with Gasteiger partial charge in [0.05, 0.1) is 32.0 Å². The molecule has 7 unspecified atom stereocenters. The van der Waals surface area contributed by atoms with Crippen LogP contribution >= 0.6 is 0 Å². The molecule has 1 amide bonds. The maximum absolute atomic E-state index is 13.1. The average molecular weight is 1340 g/mol. The molecule has 0 bridgehead atoms. The molecule has 11 heteroatoms. The lowest BCUT2D eigenvalue weighted by molar-refractivity contribution is -0.302. The number of aliphatic hydroxyl groups is 5. The number of unbranched alkanes of at least 4 members (excludes halogenated alkanes) is 54. The number of hydrogen-bond donors (Lipinski definition) is 6. The maximum Gasteiger partial charge on any atom is 0.305 e. The summed E-state index contributed by atoms with van der Waals surface area (Å²) in [7, 11) is 0. The first kappa shape index (κ1) is 90.6. The van der Waals surface area contributed by atoms with Crippen molar-refractivity contribution in [2.24, 2.45) is 0 Å². The van der Waals surface area contributed by atoms with Crippen LogP contribution in [-0.2, 0) is 23.8 Å². The first-order chi connectivity index (χ1) is 46.7. The normalized spacial score (nSPS) is 17.6. The Bertz CT molecular complexity index is 1720. The third-order valence-corrected chi connectivity index (χ3v) is 19.7. The van der Waals surface area contributed by atoms with Gasteiger partial charge >= 0.3 is 5.97 Å². The number of amides is 1. The standard InChI is InChI=1S/C84H157NO10/c1-3-5-7-9-11-13-15-17-43-47-50-54-58-62-66-70-77(87)76(75-94-84-83(92)82(91)81(90)78(74-86)95-84)85-79(88)71-67-63-59-55-51-48-44-41-39-37-35-33-31-29-27-25-23-21-19-18-20-22-24-26-28-30-32-34-36-38-40-42-45-49-53-57-61-65-69-73-93-80(89)72-68-64-60-56-52-46-16-14-12-10-8-6-4-2/h18-19,22,24,50,54,66,70,76-78,81-84,86-87,90-92H,3-17,20-21,23,25-49,51-53,55-65,67-69,71-75H2,1-2H3,(H,85,88)/b19-18-,24-22-,54-50+,70-66+. The number of allylic oxidation sites excluding steroid dienone is 7. The summed E-state index contributed by atoms with van der Waals surface area (Å²) in [6, 6.07) is -0.826. The van der Waals surface area contributed by atoms with Crippen LogP contribution in [0.4, 0.5) is 0 Å². The Balaban J connectivity index is 1.92. The number of nitrogens with one attached hydrogen (secondary N) is 1. The van der Waals surface area contributed by atoms with E-state index in [1.165, 1.54) is 327 Å². The molecule has 6 N–H and O–H groups in total. The summed E-state index contributed by atoms with van der Waals surface area (Å²) in [5.41, 5.74) is 0. The van der Waals surface area contributed by atoms with Crippen molar-refractivity contribution in [3.8, 4) is 0 Å². The van der Waals surface area contributed by atoms with Crippen LogP contribution in [-0.4, -0.2) is 100 Å². The van der Waals surface area contributed by atoms with E-state index in [4.69, 9.17) is 14.2 Å². The summed E-state index contributed by atoms with van der Waals surface area (Å²) in [5, 5.41) is 54.6. The van der Waals surface area contributed by atoms with Crippen LogP contribution in [0, 0.1) is 0 Å². The number of carbonyl (C=O) groups is 2. The molecule has 1 aliphatic rings. The van der Waals surface area contributed by atoms with Crippen molar-refractivity contribution in [1.29, 1.82) is 0 Å². The van der Waals surface area contributed by atoms with Gasteiger partial charge < -0.3 is 45.1 Å². The molecule has 0 aliphatic carbocycles. The molecule has 558 valence electrons. The number of esters is 1. The molecule has 95 heavy (non-hydrogen) atoms. The van der Waals surface area contributed by atoms with Crippen molar-refractivity contribution < 1.29 is 49.3 Å². The van der Waals surface area contributed by atoms with Crippen molar-refractivity contribution >= 4 is 11.9 Å². The highest BCUT2D eigenvalue weighted by Gasteiger charge is 2.44. The Morgan fingerprint density at radius 2 is 0.716 bits per heavy atom. The van der Waals surface area contributed by atoms with Crippen LogP contribution in [0.1, 0.15) is 412 Å². The summed E-state index contributed by atoms with van der Waals surface area (Å²) in [6.45, 7) is 4.38. The third-order valence-electron chi connectivity index (χ3n) is 19.7.